The number of nitrogens with one attached hydrogen (secondary N) is 1. The first-order chi connectivity index (χ1) is 46.7. The van der Waals surface area contributed by atoms with Gasteiger partial charge in [0.2, 0.25) is 11.8 Å². The van der Waals surface area contributed by atoms with E-state index in [2.05, 4.69) is 113 Å². The lowest BCUT2D eigenvalue weighted by atomic mass is 9.76. The molecular formula is C77H91Br3Cl3N9O5. The lowest BCUT2D eigenvalue weighted by molar-refractivity contribution is -0.134. The molecule has 5 aliphatic heterocycles. The second-order valence-electron chi connectivity index (χ2n) is 29.2. The Bertz CT molecular complexity index is 3660. The summed E-state index contributed by atoms with van der Waals surface area (Å²) in [5, 5.41) is 5.89. The number of hydrogen-bond donors (Lipinski definition) is 2. The van der Waals surface area contributed by atoms with E-state index in [1.54, 1.807) is 9.80 Å². The van der Waals surface area contributed by atoms with Gasteiger partial charge in [0.15, 0.2) is 0 Å². The fourth-order valence-corrected chi connectivity index (χ4v) is 18.5. The Hall–Kier alpha value is -5.14. The number of nitrogens with zero attached hydrogens (tertiary/aromatic N) is 7. The van der Waals surface area contributed by atoms with Crippen molar-refractivity contribution in [2.75, 3.05) is 65.4 Å². The SMILES string of the molecule is CC(C)(C)OC(=O)N1CCC(CC(=O)N2CCC(C3c4ccc(Cl)cc4CCc4cc(Br)cnc43)CC2)CC1.Clc1ccc2c(c1)CCc1cc(Br)cnc1C2C1CCNCC1.NC(=O)N1CCC(CC(=O)N2CCC(C3c4ccc(Cl)cc4CCc4cc(Br)cnc43)CC2)CC1. The highest BCUT2D eigenvalue weighted by Crippen LogP contribution is 2.47. The van der Waals surface area contributed by atoms with Crippen molar-refractivity contribution in [2.24, 2.45) is 35.3 Å². The number of pyridine rings is 3. The molecule has 20 heteroatoms. The normalized spacial score (nSPS) is 21.1. The number of fused-ring (bicyclic) bond motifs is 6. The number of urea groups is 1. The van der Waals surface area contributed by atoms with Crippen LogP contribution in [-0.2, 0) is 52.9 Å². The molecule has 6 aromatic rings. The number of likely N-dealkylation sites (tertiary alicyclic amines) is 4. The number of rotatable bonds is 7. The van der Waals surface area contributed by atoms with E-state index in [1.165, 1.54) is 80.0 Å². The van der Waals surface area contributed by atoms with Crippen LogP contribution in [0.5, 0.6) is 0 Å². The molecule has 3 atom stereocenters. The summed E-state index contributed by atoms with van der Waals surface area (Å²) in [6.07, 6.45) is 22.3. The molecule has 14 rings (SSSR count). The molecule has 14 nitrogen and oxygen atoms in total. The maximum Gasteiger partial charge on any atom is 0.410 e. The van der Waals surface area contributed by atoms with E-state index in [4.69, 9.17) is 60.2 Å². The minimum atomic E-state index is -0.489. The number of ether oxygens (including phenoxy) is 1. The molecule has 3 N–H and O–H groups in total. The predicted molar refractivity (Wildman–Crippen MR) is 396 cm³/mol. The van der Waals surface area contributed by atoms with Crippen molar-refractivity contribution in [1.29, 1.82) is 0 Å². The molecule has 5 amide bonds. The zero-order chi connectivity index (χ0) is 68.1. The van der Waals surface area contributed by atoms with E-state index in [0.717, 1.165) is 158 Å². The molecule has 8 aliphatic rings. The van der Waals surface area contributed by atoms with E-state index in [0.29, 0.717) is 74.5 Å². The van der Waals surface area contributed by atoms with Gasteiger partial charge in [0.25, 0.3) is 0 Å². The molecule has 0 radical (unpaired) electrons. The first-order valence-corrected chi connectivity index (χ1v) is 38.8. The van der Waals surface area contributed by atoms with Gasteiger partial charge in [-0.15, -0.1) is 0 Å². The van der Waals surface area contributed by atoms with Crippen LogP contribution in [0.2, 0.25) is 15.1 Å². The second kappa shape index (κ2) is 32.2. The lowest BCUT2D eigenvalue weighted by Gasteiger charge is -2.38. The van der Waals surface area contributed by atoms with Gasteiger partial charge in [0, 0.05) is 130 Å². The largest absolute Gasteiger partial charge is 0.444 e. The fraction of sp³-hybridized carbons (Fsp3) is 0.519. The summed E-state index contributed by atoms with van der Waals surface area (Å²) in [5.41, 5.74) is 20.7. The van der Waals surface area contributed by atoms with Crippen LogP contribution >= 0.6 is 82.6 Å². The number of halogens is 6. The summed E-state index contributed by atoms with van der Waals surface area (Å²) >= 11 is 29.8. The van der Waals surface area contributed by atoms with Crippen molar-refractivity contribution in [3.05, 3.63) is 187 Å². The minimum absolute atomic E-state index is 0.220. The van der Waals surface area contributed by atoms with E-state index in [9.17, 15) is 19.2 Å². The molecule has 3 aromatic carbocycles. The van der Waals surface area contributed by atoms with Crippen LogP contribution in [0.15, 0.2) is 105 Å². The first-order valence-electron chi connectivity index (χ1n) is 35.2. The number of nitrogens with two attached hydrogens (primary N) is 1. The summed E-state index contributed by atoms with van der Waals surface area (Å²) in [7, 11) is 0. The average Bonchev–Trinajstić information content (AvgIpc) is 1.76. The van der Waals surface area contributed by atoms with E-state index < -0.39 is 5.60 Å². The Kier molecular flexibility index (Phi) is 23.8. The quantitative estimate of drug-likeness (QED) is 0.158. The smallest absolute Gasteiger partial charge is 0.410 e. The predicted octanol–water partition coefficient (Wildman–Crippen LogP) is 16.9. The third-order valence-corrected chi connectivity index (χ3v) is 23.8. The maximum absolute atomic E-state index is 13.3. The zero-order valence-corrected chi connectivity index (χ0v) is 63.1. The maximum atomic E-state index is 13.3. The number of primary amides is 1. The van der Waals surface area contributed by atoms with Crippen LogP contribution < -0.4 is 11.1 Å². The molecule has 5 saturated heterocycles. The molecule has 3 aliphatic carbocycles. The number of aromatic nitrogens is 3. The van der Waals surface area contributed by atoms with E-state index in [1.807, 2.05) is 62.5 Å². The number of carbonyl (C=O) groups is 4. The van der Waals surface area contributed by atoms with Crippen molar-refractivity contribution in [2.45, 2.75) is 160 Å². The van der Waals surface area contributed by atoms with Gasteiger partial charge in [-0.1, -0.05) is 53.0 Å². The van der Waals surface area contributed by atoms with Crippen LogP contribution in [0.25, 0.3) is 0 Å². The first kappa shape index (κ1) is 71.7. The van der Waals surface area contributed by atoms with Crippen LogP contribution in [0, 0.1) is 29.6 Å². The van der Waals surface area contributed by atoms with Gasteiger partial charge in [0.1, 0.15) is 5.60 Å². The number of aryl methyl sites for hydroxylation is 6. The summed E-state index contributed by atoms with van der Waals surface area (Å²) in [4.78, 5) is 72.3. The number of hydrogen-bond acceptors (Lipinski definition) is 9. The van der Waals surface area contributed by atoms with Crippen LogP contribution in [0.1, 0.15) is 183 Å². The van der Waals surface area contributed by atoms with Crippen molar-refractivity contribution in [3.8, 4) is 0 Å². The summed E-state index contributed by atoms with van der Waals surface area (Å²) < 4.78 is 8.61. The molecule has 8 heterocycles. The van der Waals surface area contributed by atoms with Gasteiger partial charge in [-0.2, -0.15) is 0 Å². The summed E-state index contributed by atoms with van der Waals surface area (Å²) in [6, 6.07) is 25.4. The molecule has 5 fully saturated rings. The zero-order valence-electron chi connectivity index (χ0n) is 56.1. The minimum Gasteiger partial charge on any atom is -0.444 e. The number of amides is 5. The Balaban J connectivity index is 0.000000143. The number of benzene rings is 3. The average molecular weight is 1570 g/mol. The van der Waals surface area contributed by atoms with Crippen molar-refractivity contribution >= 4 is 107 Å². The molecule has 0 saturated carbocycles. The van der Waals surface area contributed by atoms with Gasteiger partial charge in [0.05, 0.1) is 17.1 Å². The molecule has 516 valence electrons. The second-order valence-corrected chi connectivity index (χ2v) is 33.2. The highest BCUT2D eigenvalue weighted by molar-refractivity contribution is 9.11. The third kappa shape index (κ3) is 17.8. The Labute approximate surface area is 613 Å². The highest BCUT2D eigenvalue weighted by atomic mass is 79.9. The highest BCUT2D eigenvalue weighted by Gasteiger charge is 2.39. The van der Waals surface area contributed by atoms with Crippen LogP contribution in [0.3, 0.4) is 0 Å². The van der Waals surface area contributed by atoms with E-state index >= 15 is 0 Å². The number of piperidine rings is 5. The molecule has 0 bridgehead atoms. The monoisotopic (exact) mass is 1560 g/mol. The Morgan fingerprint density at radius 1 is 0.464 bits per heavy atom. The van der Waals surface area contributed by atoms with Crippen LogP contribution in [-0.4, -0.2) is 130 Å². The standard InChI is InChI=1S/C31H39BrClN3O3.C27H32BrClN4O2.C19H20BrClN2/c1-31(2,3)39-30(38)36-12-8-20(9-13-36)16-27(37)35-14-10-21(11-15-35)28-26-7-6-25(33)18-22(26)4-5-23-17-24(32)19-34-29(23)28;28-21-14-20-2-1-19-15-22(29)3-4-23(19)25(26(20)31-16-21)18-7-11-32(12-8-18)24(34)13-17-5-9-33(10-6-17)27(30)35;20-15-9-14-2-1-13-10-16(21)3-4-17(13)18(19(14)23-11-15)12-5-7-22-8-6-12/h6-7,17-21,28H,4-5,8-16H2,1-3H3;3-4,14-18,25H,1-2,5-13H2,(H2,30,35);3-4,9-12,18,22H,1-2,5-8H2. The van der Waals surface area contributed by atoms with Crippen molar-refractivity contribution in [3.63, 3.8) is 0 Å². The number of carbonyl (C=O) groups excluding carboxylic acids is 4. The van der Waals surface area contributed by atoms with Crippen LogP contribution in [0.4, 0.5) is 9.59 Å². The Morgan fingerprint density at radius 3 is 1.12 bits per heavy atom. The topological polar surface area (TPSA) is 167 Å². The van der Waals surface area contributed by atoms with Gasteiger partial charge in [-0.25, -0.2) is 9.59 Å². The van der Waals surface area contributed by atoms with Crippen molar-refractivity contribution < 1.29 is 23.9 Å². The third-order valence-electron chi connectivity index (χ3n) is 21.8. The summed E-state index contributed by atoms with van der Waals surface area (Å²) in [5.74, 6) is 3.51. The van der Waals surface area contributed by atoms with E-state index in [-0.39, 0.29) is 35.8 Å². The van der Waals surface area contributed by atoms with Gasteiger partial charge in [-0.05, 0) is 319 Å². The van der Waals surface area contributed by atoms with Gasteiger partial charge >= 0.3 is 12.1 Å². The Morgan fingerprint density at radius 2 is 0.784 bits per heavy atom. The summed E-state index contributed by atoms with van der Waals surface area (Å²) in [6.45, 7) is 13.6. The molecular weight excluding hydrogens is 1480 g/mol. The van der Waals surface area contributed by atoms with Crippen molar-refractivity contribution in [1.82, 2.24) is 39.9 Å². The molecule has 3 unspecified atom stereocenters. The van der Waals surface area contributed by atoms with Gasteiger partial charge < -0.3 is 35.4 Å². The molecule has 97 heavy (non-hydrogen) atoms. The lowest BCUT2D eigenvalue weighted by Crippen LogP contribution is -2.44. The van der Waals surface area contributed by atoms with Gasteiger partial charge in [-0.3, -0.25) is 24.5 Å². The fourth-order valence-electron chi connectivity index (χ4n) is 16.8. The molecule has 0 spiro atoms. The molecule has 3 aromatic heterocycles.